The predicted molar refractivity (Wildman–Crippen MR) is 123 cm³/mol. The molecule has 3 fully saturated rings. The average molecular weight is 530 g/mol. The number of ether oxygens (including phenoxy) is 1. The summed E-state index contributed by atoms with van der Waals surface area (Å²) >= 11 is 0. The molecule has 0 aromatic carbocycles. The van der Waals surface area contributed by atoms with Crippen LogP contribution >= 0.6 is 0 Å². The molecule has 4 N–H and O–H groups in total. The second-order valence-corrected chi connectivity index (χ2v) is 11.3. The third-order valence-corrected chi connectivity index (χ3v) is 8.83. The first-order valence-corrected chi connectivity index (χ1v) is 12.2. The number of carbonyl (C=O) groups is 4. The fraction of sp³-hybridized carbons (Fsp3) is 0.792. The summed E-state index contributed by atoms with van der Waals surface area (Å²) in [6.07, 6.45) is -3.78. The van der Waals surface area contributed by atoms with E-state index in [4.69, 9.17) is 10.5 Å². The molecule has 2 heterocycles. The number of hydrogen-bond acceptors (Lipinski definition) is 6. The zero-order chi connectivity index (χ0) is 28.1. The minimum absolute atomic E-state index is 0.0489. The van der Waals surface area contributed by atoms with Gasteiger partial charge in [-0.25, -0.2) is 0 Å². The molecular weight excluding hydrogens is 495 g/mol. The minimum Gasteiger partial charge on any atom is -0.376 e. The monoisotopic (exact) mass is 529 g/mol. The molecule has 3 unspecified atom stereocenters. The molecule has 1 aliphatic carbocycles. The van der Waals surface area contributed by atoms with Gasteiger partial charge in [0, 0.05) is 31.5 Å². The van der Waals surface area contributed by atoms with Crippen LogP contribution in [-0.4, -0.2) is 72.6 Å². The molecule has 0 bridgehead atoms. The Hall–Kier alpha value is -2.88. The normalized spacial score (nSPS) is 30.4. The summed E-state index contributed by atoms with van der Waals surface area (Å²) in [6.45, 7) is 6.86. The summed E-state index contributed by atoms with van der Waals surface area (Å²) in [5.41, 5.74) is 2.50. The summed E-state index contributed by atoms with van der Waals surface area (Å²) < 4.78 is 44.4. The first kappa shape index (κ1) is 28.7. The number of likely N-dealkylation sites (tertiary alicyclic amines) is 1. The van der Waals surface area contributed by atoms with Crippen molar-refractivity contribution in [3.05, 3.63) is 0 Å². The van der Waals surface area contributed by atoms with Gasteiger partial charge in [0.2, 0.25) is 17.7 Å². The lowest BCUT2D eigenvalue weighted by molar-refractivity contribution is -0.178. The quantitative estimate of drug-likeness (QED) is 0.424. The van der Waals surface area contributed by atoms with Gasteiger partial charge in [-0.2, -0.15) is 18.4 Å². The summed E-state index contributed by atoms with van der Waals surface area (Å²) in [7, 11) is 1.18. The number of halogens is 3. The minimum atomic E-state index is -5.26. The molecule has 1 saturated carbocycles. The van der Waals surface area contributed by atoms with Gasteiger partial charge in [0.1, 0.15) is 12.1 Å². The van der Waals surface area contributed by atoms with Crippen LogP contribution in [0.4, 0.5) is 13.2 Å². The van der Waals surface area contributed by atoms with Crippen LogP contribution in [0.15, 0.2) is 0 Å². The number of alkyl halides is 3. The second kappa shape index (κ2) is 9.45. The Morgan fingerprint density at radius 3 is 2.43 bits per heavy atom. The van der Waals surface area contributed by atoms with Crippen molar-refractivity contribution in [2.75, 3.05) is 20.2 Å². The Labute approximate surface area is 213 Å². The van der Waals surface area contributed by atoms with Crippen LogP contribution < -0.4 is 16.4 Å². The van der Waals surface area contributed by atoms with Crippen molar-refractivity contribution >= 4 is 23.6 Å². The van der Waals surface area contributed by atoms with Crippen molar-refractivity contribution < 1.29 is 37.1 Å². The molecule has 0 radical (unpaired) electrons. The molecule has 0 spiro atoms. The number of methoxy groups -OCH3 is 1. The van der Waals surface area contributed by atoms with Gasteiger partial charge >= 0.3 is 12.1 Å². The van der Waals surface area contributed by atoms with Crippen LogP contribution in [0.1, 0.15) is 47.0 Å². The molecule has 0 aromatic heterocycles. The third-order valence-electron chi connectivity index (χ3n) is 8.83. The second-order valence-electron chi connectivity index (χ2n) is 11.3. The number of nitriles is 1. The smallest absolute Gasteiger partial charge is 0.376 e. The number of hydrogen-bond donors (Lipinski definition) is 3. The van der Waals surface area contributed by atoms with Crippen molar-refractivity contribution in [1.82, 2.24) is 15.5 Å². The number of amides is 4. The van der Waals surface area contributed by atoms with E-state index in [9.17, 15) is 37.6 Å². The molecular formula is C24H34F3N5O5. The number of carbonyl (C=O) groups excluding carboxylic acids is 4. The Morgan fingerprint density at radius 2 is 1.95 bits per heavy atom. The van der Waals surface area contributed by atoms with Gasteiger partial charge < -0.3 is 26.0 Å². The first-order valence-electron chi connectivity index (χ1n) is 12.2. The zero-order valence-electron chi connectivity index (χ0n) is 21.6. The lowest BCUT2D eigenvalue weighted by Crippen LogP contribution is -2.64. The molecule has 3 aliphatic rings. The number of nitrogens with zero attached hydrogens (tertiary/aromatic N) is 2. The van der Waals surface area contributed by atoms with Crippen molar-refractivity contribution in [3.8, 4) is 6.07 Å². The van der Waals surface area contributed by atoms with E-state index in [-0.39, 0.29) is 24.8 Å². The van der Waals surface area contributed by atoms with E-state index < -0.39 is 64.2 Å². The van der Waals surface area contributed by atoms with Crippen LogP contribution in [-0.2, 0) is 23.9 Å². The first-order chi connectivity index (χ1) is 17.0. The van der Waals surface area contributed by atoms with Gasteiger partial charge in [0.05, 0.1) is 17.6 Å². The Kier molecular flexibility index (Phi) is 7.33. The van der Waals surface area contributed by atoms with Crippen LogP contribution in [0.5, 0.6) is 0 Å². The molecule has 2 aliphatic heterocycles. The topological polar surface area (TPSA) is 155 Å². The lowest BCUT2D eigenvalue weighted by Gasteiger charge is -2.41. The van der Waals surface area contributed by atoms with Gasteiger partial charge in [0.15, 0.2) is 0 Å². The van der Waals surface area contributed by atoms with E-state index in [1.165, 1.54) is 21.0 Å². The summed E-state index contributed by atoms with van der Waals surface area (Å²) in [4.78, 5) is 51.9. The average Bonchev–Trinajstić information content (AvgIpc) is 3.10. The highest BCUT2D eigenvalue weighted by atomic mass is 19.4. The predicted octanol–water partition coefficient (Wildman–Crippen LogP) is 0.853. The van der Waals surface area contributed by atoms with E-state index in [0.29, 0.717) is 13.0 Å². The number of piperidine rings is 2. The highest BCUT2D eigenvalue weighted by molar-refractivity contribution is 5.95. The molecule has 3 rings (SSSR count). The largest absolute Gasteiger partial charge is 0.471 e. The maximum absolute atomic E-state index is 13.7. The van der Waals surface area contributed by atoms with Gasteiger partial charge in [0.25, 0.3) is 0 Å². The zero-order valence-corrected chi connectivity index (χ0v) is 21.6. The molecule has 0 aromatic rings. The van der Waals surface area contributed by atoms with Crippen LogP contribution in [0.25, 0.3) is 0 Å². The van der Waals surface area contributed by atoms with Crippen molar-refractivity contribution in [3.63, 3.8) is 0 Å². The highest BCUT2D eigenvalue weighted by Crippen LogP contribution is 2.78. The van der Waals surface area contributed by atoms with E-state index in [0.717, 1.165) is 11.3 Å². The summed E-state index contributed by atoms with van der Waals surface area (Å²) in [5, 5.41) is 14.7. The van der Waals surface area contributed by atoms with Crippen LogP contribution in [0, 0.1) is 39.9 Å². The maximum atomic E-state index is 13.7. The highest BCUT2D eigenvalue weighted by Gasteiger charge is 2.83. The van der Waals surface area contributed by atoms with E-state index in [1.54, 1.807) is 5.32 Å². The van der Waals surface area contributed by atoms with Gasteiger partial charge in [-0.05, 0) is 44.4 Å². The molecule has 2 saturated heterocycles. The van der Waals surface area contributed by atoms with Crippen molar-refractivity contribution in [1.29, 1.82) is 5.26 Å². The molecule has 4 amide bonds. The Bertz CT molecular complexity index is 1020. The van der Waals surface area contributed by atoms with Crippen LogP contribution in [0.2, 0.25) is 0 Å². The standard InChI is InChI=1S/C24H34F3N5O5/c1-21(2)14-11-32(19(35)15(22(3,4)37-5)31-20(36)24(25,26)27)16(17(29)33)23(14,21)13(10-28)9-12-7-6-8-30-18(12)34/h12-16H,6-9,11H2,1-5H3,(H2,29,33)(H,30,34)(H,31,36)/t12-,13+,14?,15+,16?,23?/m0/s1. The lowest BCUT2D eigenvalue weighted by atomic mass is 9.72. The molecule has 13 heteroatoms. The third kappa shape index (κ3) is 4.53. The molecule has 6 atom stereocenters. The maximum Gasteiger partial charge on any atom is 0.471 e. The number of nitrogens with two attached hydrogens (primary N) is 1. The summed E-state index contributed by atoms with van der Waals surface area (Å²) in [6, 6.07) is -0.873. The van der Waals surface area contributed by atoms with Gasteiger partial charge in [-0.15, -0.1) is 0 Å². The fourth-order valence-electron chi connectivity index (χ4n) is 6.64. The SMILES string of the molecule is COC(C)(C)[C@H](NC(=O)C(F)(F)F)C(=O)N1CC2C(C)(C)C2([C@@H](C#N)C[C@@H]2CCCNC2=O)C1C(N)=O. The molecule has 10 nitrogen and oxygen atoms in total. The van der Waals surface area contributed by atoms with Crippen LogP contribution in [0.3, 0.4) is 0 Å². The van der Waals surface area contributed by atoms with Crippen molar-refractivity contribution in [2.24, 2.45) is 34.3 Å². The van der Waals surface area contributed by atoms with E-state index >= 15 is 0 Å². The Balaban J connectivity index is 2.00. The number of fused-ring (bicyclic) bond motifs is 1. The number of primary amides is 1. The van der Waals surface area contributed by atoms with E-state index in [2.05, 4.69) is 11.4 Å². The van der Waals surface area contributed by atoms with Gasteiger partial charge in [-0.1, -0.05) is 13.8 Å². The Morgan fingerprint density at radius 1 is 1.32 bits per heavy atom. The number of nitrogens with one attached hydrogen (secondary N) is 2. The molecule has 206 valence electrons. The van der Waals surface area contributed by atoms with Gasteiger partial charge in [-0.3, -0.25) is 19.2 Å². The fourth-order valence-corrected chi connectivity index (χ4v) is 6.64. The van der Waals surface area contributed by atoms with Crippen molar-refractivity contribution in [2.45, 2.75) is 70.8 Å². The van der Waals surface area contributed by atoms with E-state index in [1.807, 2.05) is 13.8 Å². The number of rotatable bonds is 8. The summed E-state index contributed by atoms with van der Waals surface area (Å²) in [5.74, 6) is -6.04. The molecule has 37 heavy (non-hydrogen) atoms.